The van der Waals surface area contributed by atoms with Crippen molar-refractivity contribution in [2.24, 2.45) is 5.92 Å². The maximum absolute atomic E-state index is 13.4. The third kappa shape index (κ3) is 3.62. The van der Waals surface area contributed by atoms with Crippen LogP contribution in [0.3, 0.4) is 0 Å². The highest BCUT2D eigenvalue weighted by Crippen LogP contribution is 2.37. The van der Waals surface area contributed by atoms with E-state index in [-0.39, 0.29) is 37.5 Å². The first-order chi connectivity index (χ1) is 8.50. The molecule has 2 aliphatic rings. The van der Waals surface area contributed by atoms with Gasteiger partial charge < -0.3 is 9.84 Å². The van der Waals surface area contributed by atoms with E-state index in [0.717, 1.165) is 6.42 Å². The van der Waals surface area contributed by atoms with Gasteiger partial charge >= 0.3 is 0 Å². The van der Waals surface area contributed by atoms with Crippen molar-refractivity contribution in [3.63, 3.8) is 0 Å². The molecule has 1 heterocycles. The largest absolute Gasteiger partial charge is 0.394 e. The quantitative estimate of drug-likeness (QED) is 0.844. The highest BCUT2D eigenvalue weighted by molar-refractivity contribution is 4.84. The Kier molecular flexibility index (Phi) is 4.56. The Morgan fingerprint density at radius 3 is 2.89 bits per heavy atom. The zero-order chi connectivity index (χ0) is 13.2. The molecule has 0 radical (unpaired) electrons. The second-order valence-corrected chi connectivity index (χ2v) is 5.76. The maximum Gasteiger partial charge on any atom is 0.248 e. The standard InChI is InChI=1S/C13H23F2NO2/c1-10-9-18-12(8-17)7-16(10)6-11-3-2-4-13(14,15)5-11/h10-12,17H,2-9H2,1H3. The minimum atomic E-state index is -2.48. The molecule has 2 rings (SSSR count). The summed E-state index contributed by atoms with van der Waals surface area (Å²) in [6.07, 6.45) is 1.41. The number of morpholine rings is 1. The molecule has 1 N–H and O–H groups in total. The first-order valence-corrected chi connectivity index (χ1v) is 6.84. The predicted octanol–water partition coefficient (Wildman–Crippen LogP) is 1.89. The Hall–Kier alpha value is -0.260. The lowest BCUT2D eigenvalue weighted by molar-refractivity contribution is -0.0951. The molecule has 1 aliphatic carbocycles. The molecule has 1 aliphatic heterocycles. The first-order valence-electron chi connectivity index (χ1n) is 6.84. The lowest BCUT2D eigenvalue weighted by atomic mass is 9.86. The number of alkyl halides is 2. The Balaban J connectivity index is 1.87. The van der Waals surface area contributed by atoms with Gasteiger partial charge in [0.1, 0.15) is 0 Å². The van der Waals surface area contributed by atoms with Crippen molar-refractivity contribution in [3.8, 4) is 0 Å². The first kappa shape index (κ1) is 14.2. The zero-order valence-electron chi connectivity index (χ0n) is 10.9. The van der Waals surface area contributed by atoms with E-state index < -0.39 is 5.92 Å². The molecule has 0 aromatic heterocycles. The van der Waals surface area contributed by atoms with Gasteiger partial charge in [0, 0.05) is 32.0 Å². The van der Waals surface area contributed by atoms with Crippen molar-refractivity contribution in [3.05, 3.63) is 0 Å². The number of aliphatic hydroxyl groups is 1. The van der Waals surface area contributed by atoms with E-state index in [1.807, 2.05) is 0 Å². The fourth-order valence-electron chi connectivity index (χ4n) is 3.00. The number of hydrogen-bond donors (Lipinski definition) is 1. The van der Waals surface area contributed by atoms with Crippen LogP contribution in [0.25, 0.3) is 0 Å². The number of ether oxygens (including phenoxy) is 1. The SMILES string of the molecule is CC1COC(CO)CN1CC1CCCC(F)(F)C1. The van der Waals surface area contributed by atoms with Gasteiger partial charge in [0.15, 0.2) is 0 Å². The summed E-state index contributed by atoms with van der Waals surface area (Å²) in [7, 11) is 0. The van der Waals surface area contributed by atoms with Gasteiger partial charge in [-0.1, -0.05) is 0 Å². The van der Waals surface area contributed by atoms with Crippen molar-refractivity contribution in [1.29, 1.82) is 0 Å². The van der Waals surface area contributed by atoms with E-state index in [0.29, 0.717) is 26.1 Å². The molecule has 0 aromatic rings. The molecular formula is C13H23F2NO2. The Labute approximate surface area is 107 Å². The monoisotopic (exact) mass is 263 g/mol. The van der Waals surface area contributed by atoms with E-state index in [9.17, 15) is 8.78 Å². The summed E-state index contributed by atoms with van der Waals surface area (Å²) in [5.41, 5.74) is 0. The van der Waals surface area contributed by atoms with Crippen LogP contribution in [0.1, 0.15) is 32.6 Å². The van der Waals surface area contributed by atoms with Crippen LogP contribution in [-0.4, -0.2) is 54.4 Å². The average molecular weight is 263 g/mol. The Morgan fingerprint density at radius 2 is 2.22 bits per heavy atom. The maximum atomic E-state index is 13.4. The molecular weight excluding hydrogens is 240 g/mol. The van der Waals surface area contributed by atoms with E-state index in [4.69, 9.17) is 9.84 Å². The molecule has 0 bridgehead atoms. The molecule has 3 unspecified atom stereocenters. The summed E-state index contributed by atoms with van der Waals surface area (Å²) in [6.45, 7) is 3.99. The molecule has 1 saturated heterocycles. The summed E-state index contributed by atoms with van der Waals surface area (Å²) < 4.78 is 32.2. The van der Waals surface area contributed by atoms with Crippen LogP contribution in [0.15, 0.2) is 0 Å². The van der Waals surface area contributed by atoms with Gasteiger partial charge in [0.05, 0.1) is 19.3 Å². The van der Waals surface area contributed by atoms with Crippen LogP contribution >= 0.6 is 0 Å². The van der Waals surface area contributed by atoms with Crippen LogP contribution in [0, 0.1) is 5.92 Å². The van der Waals surface area contributed by atoms with Gasteiger partial charge in [-0.15, -0.1) is 0 Å². The lowest BCUT2D eigenvalue weighted by Gasteiger charge is -2.40. The Morgan fingerprint density at radius 1 is 1.44 bits per heavy atom. The van der Waals surface area contributed by atoms with Crippen LogP contribution < -0.4 is 0 Å². The molecule has 2 fully saturated rings. The fraction of sp³-hybridized carbons (Fsp3) is 1.00. The molecule has 18 heavy (non-hydrogen) atoms. The summed E-state index contributed by atoms with van der Waals surface area (Å²) in [5.74, 6) is -2.40. The molecule has 106 valence electrons. The van der Waals surface area contributed by atoms with E-state index in [1.54, 1.807) is 0 Å². The molecule has 0 aromatic carbocycles. The third-order valence-electron chi connectivity index (χ3n) is 4.07. The van der Waals surface area contributed by atoms with Crippen LogP contribution in [0.4, 0.5) is 8.78 Å². The third-order valence-corrected chi connectivity index (χ3v) is 4.07. The molecule has 3 atom stereocenters. The average Bonchev–Trinajstić information content (AvgIpc) is 2.31. The highest BCUT2D eigenvalue weighted by atomic mass is 19.3. The zero-order valence-corrected chi connectivity index (χ0v) is 10.9. The fourth-order valence-corrected chi connectivity index (χ4v) is 3.00. The van der Waals surface area contributed by atoms with Gasteiger partial charge in [0.2, 0.25) is 5.92 Å². The minimum absolute atomic E-state index is 0.00401. The number of halogens is 2. The van der Waals surface area contributed by atoms with E-state index in [1.165, 1.54) is 0 Å². The van der Waals surface area contributed by atoms with Gasteiger partial charge in [-0.3, -0.25) is 4.90 Å². The van der Waals surface area contributed by atoms with Crippen molar-refractivity contribution in [2.45, 2.75) is 50.7 Å². The van der Waals surface area contributed by atoms with E-state index in [2.05, 4.69) is 11.8 Å². The minimum Gasteiger partial charge on any atom is -0.394 e. The normalized spacial score (nSPS) is 37.7. The second-order valence-electron chi connectivity index (χ2n) is 5.76. The summed E-state index contributed by atoms with van der Waals surface area (Å²) in [5, 5.41) is 9.11. The molecule has 0 spiro atoms. The van der Waals surface area contributed by atoms with Gasteiger partial charge in [-0.05, 0) is 25.7 Å². The van der Waals surface area contributed by atoms with Crippen molar-refractivity contribution in [2.75, 3.05) is 26.3 Å². The van der Waals surface area contributed by atoms with Crippen LogP contribution in [-0.2, 0) is 4.74 Å². The smallest absolute Gasteiger partial charge is 0.248 e. The molecule has 5 heteroatoms. The number of rotatable bonds is 3. The number of hydrogen-bond acceptors (Lipinski definition) is 3. The van der Waals surface area contributed by atoms with Crippen molar-refractivity contribution in [1.82, 2.24) is 4.90 Å². The van der Waals surface area contributed by atoms with Gasteiger partial charge in [-0.25, -0.2) is 8.78 Å². The van der Waals surface area contributed by atoms with Crippen molar-refractivity contribution < 1.29 is 18.6 Å². The topological polar surface area (TPSA) is 32.7 Å². The summed E-state index contributed by atoms with van der Waals surface area (Å²) in [4.78, 5) is 2.19. The lowest BCUT2D eigenvalue weighted by Crippen LogP contribution is -2.51. The summed E-state index contributed by atoms with van der Waals surface area (Å²) >= 11 is 0. The van der Waals surface area contributed by atoms with E-state index >= 15 is 0 Å². The summed E-state index contributed by atoms with van der Waals surface area (Å²) in [6, 6.07) is 0.253. The molecule has 0 amide bonds. The van der Waals surface area contributed by atoms with Crippen LogP contribution in [0.5, 0.6) is 0 Å². The van der Waals surface area contributed by atoms with Gasteiger partial charge in [-0.2, -0.15) is 0 Å². The van der Waals surface area contributed by atoms with Crippen molar-refractivity contribution >= 4 is 0 Å². The second kappa shape index (κ2) is 5.80. The van der Waals surface area contributed by atoms with Gasteiger partial charge in [0.25, 0.3) is 0 Å². The molecule has 1 saturated carbocycles. The molecule has 3 nitrogen and oxygen atoms in total. The number of nitrogens with zero attached hydrogens (tertiary/aromatic N) is 1. The number of aliphatic hydroxyl groups excluding tert-OH is 1. The van der Waals surface area contributed by atoms with Crippen LogP contribution in [0.2, 0.25) is 0 Å². The highest BCUT2D eigenvalue weighted by Gasteiger charge is 2.38. The predicted molar refractivity (Wildman–Crippen MR) is 64.8 cm³/mol. The Bertz CT molecular complexity index is 276.